The average molecular weight is 494 g/mol. The highest BCUT2D eigenvalue weighted by molar-refractivity contribution is 5.89. The first-order valence-electron chi connectivity index (χ1n) is 11.2. The molecule has 4 aromatic rings. The Bertz CT molecular complexity index is 1480. The van der Waals surface area contributed by atoms with E-state index in [1.165, 1.54) is 23.8 Å². The van der Waals surface area contributed by atoms with E-state index in [9.17, 15) is 22.0 Å². The van der Waals surface area contributed by atoms with Crippen molar-refractivity contribution in [1.29, 1.82) is 0 Å². The Morgan fingerprint density at radius 2 is 1.42 bits per heavy atom. The molecule has 0 saturated heterocycles. The van der Waals surface area contributed by atoms with Crippen LogP contribution in [-0.4, -0.2) is 0 Å². The monoisotopic (exact) mass is 494 g/mol. The molecule has 6 heteroatoms. The van der Waals surface area contributed by atoms with Gasteiger partial charge in [-0.3, -0.25) is 0 Å². The Kier molecular flexibility index (Phi) is 7.21. The van der Waals surface area contributed by atoms with Crippen molar-refractivity contribution in [3.63, 3.8) is 0 Å². The molecule has 0 unspecified atom stereocenters. The number of alkyl halides is 3. The molecule has 0 spiro atoms. The second-order valence-electron chi connectivity index (χ2n) is 8.23. The number of rotatable bonds is 4. The van der Waals surface area contributed by atoms with Gasteiger partial charge < -0.3 is 0 Å². The SMILES string of the molecule is C/C=C/CCc1ccc(C#Cc2ccc3c(F)c(-c4cc(F)c(C(F)(F)F)c(F)c4)ccc3c2)cc1. The van der Waals surface area contributed by atoms with Crippen molar-refractivity contribution < 1.29 is 26.3 Å². The summed E-state index contributed by atoms with van der Waals surface area (Å²) >= 11 is 0. The van der Waals surface area contributed by atoms with E-state index in [1.807, 2.05) is 37.3 Å². The zero-order valence-electron chi connectivity index (χ0n) is 19.2. The molecule has 0 aliphatic heterocycles. The maximum absolute atomic E-state index is 15.2. The molecular formula is C30H20F6. The summed E-state index contributed by atoms with van der Waals surface area (Å²) in [4.78, 5) is 0. The van der Waals surface area contributed by atoms with Crippen LogP contribution in [0, 0.1) is 29.3 Å². The number of hydrogen-bond acceptors (Lipinski definition) is 0. The summed E-state index contributed by atoms with van der Waals surface area (Å²) in [5.74, 6) is 1.72. The number of fused-ring (bicyclic) bond motifs is 1. The smallest absolute Gasteiger partial charge is 0.206 e. The number of aryl methyl sites for hydroxylation is 1. The van der Waals surface area contributed by atoms with Crippen LogP contribution in [0.15, 0.2) is 78.9 Å². The lowest BCUT2D eigenvalue weighted by Crippen LogP contribution is -2.11. The standard InChI is InChI=1S/C30H20F6/c1-2-3-4-5-19-6-8-20(9-7-19)10-11-21-12-14-24-22(16-21)13-15-25(29(24)33)23-17-26(31)28(27(32)18-23)30(34,35)36/h2-3,6-9,12-18H,4-5H2,1H3/b3-2+. The molecule has 0 bridgehead atoms. The predicted octanol–water partition coefficient (Wildman–Crippen LogP) is 8.85. The second-order valence-corrected chi connectivity index (χ2v) is 8.23. The van der Waals surface area contributed by atoms with Crippen LogP contribution in [0.25, 0.3) is 21.9 Å². The quantitative estimate of drug-likeness (QED) is 0.151. The molecule has 0 amide bonds. The number of halogens is 6. The van der Waals surface area contributed by atoms with Crippen LogP contribution in [-0.2, 0) is 12.6 Å². The summed E-state index contributed by atoms with van der Waals surface area (Å²) in [6.45, 7) is 1.99. The molecule has 0 N–H and O–H groups in total. The molecule has 0 aromatic heterocycles. The van der Waals surface area contributed by atoms with Crippen LogP contribution in [0.3, 0.4) is 0 Å². The maximum atomic E-state index is 15.2. The Balaban J connectivity index is 1.61. The Labute approximate surface area is 204 Å². The summed E-state index contributed by atoms with van der Waals surface area (Å²) < 4.78 is 81.7. The normalized spacial score (nSPS) is 11.6. The van der Waals surface area contributed by atoms with Crippen molar-refractivity contribution in [1.82, 2.24) is 0 Å². The molecule has 0 aliphatic carbocycles. The van der Waals surface area contributed by atoms with Gasteiger partial charge in [-0.1, -0.05) is 54.3 Å². The minimum atomic E-state index is -5.19. The lowest BCUT2D eigenvalue weighted by Gasteiger charge is -2.12. The molecule has 0 fully saturated rings. The van der Waals surface area contributed by atoms with Crippen LogP contribution in [0.5, 0.6) is 0 Å². The van der Waals surface area contributed by atoms with Gasteiger partial charge in [0.1, 0.15) is 23.0 Å². The molecule has 182 valence electrons. The lowest BCUT2D eigenvalue weighted by molar-refractivity contribution is -0.142. The molecule has 0 atom stereocenters. The largest absolute Gasteiger partial charge is 0.422 e. The van der Waals surface area contributed by atoms with E-state index < -0.39 is 29.2 Å². The molecule has 0 radical (unpaired) electrons. The van der Waals surface area contributed by atoms with E-state index >= 15 is 4.39 Å². The van der Waals surface area contributed by atoms with Crippen LogP contribution in [0.4, 0.5) is 26.3 Å². The first kappa shape index (κ1) is 25.1. The minimum absolute atomic E-state index is 0.157. The van der Waals surface area contributed by atoms with Crippen LogP contribution < -0.4 is 0 Å². The molecule has 0 aliphatic rings. The van der Waals surface area contributed by atoms with E-state index in [2.05, 4.69) is 17.9 Å². The number of hydrogen-bond donors (Lipinski definition) is 0. The average Bonchev–Trinajstić information content (AvgIpc) is 2.82. The summed E-state index contributed by atoms with van der Waals surface area (Å²) in [7, 11) is 0. The van der Waals surface area contributed by atoms with Gasteiger partial charge in [-0.05, 0) is 72.7 Å². The molecule has 36 heavy (non-hydrogen) atoms. The summed E-state index contributed by atoms with van der Waals surface area (Å²) in [5.41, 5.74) is 0.149. The van der Waals surface area contributed by atoms with Gasteiger partial charge in [-0.2, -0.15) is 13.2 Å². The van der Waals surface area contributed by atoms with E-state index in [4.69, 9.17) is 0 Å². The second kappa shape index (κ2) is 10.3. The van der Waals surface area contributed by atoms with Crippen molar-refractivity contribution in [2.45, 2.75) is 25.9 Å². The third-order valence-electron chi connectivity index (χ3n) is 5.73. The van der Waals surface area contributed by atoms with Gasteiger partial charge in [0.2, 0.25) is 0 Å². The molecule has 0 nitrogen and oxygen atoms in total. The first-order valence-corrected chi connectivity index (χ1v) is 11.2. The zero-order chi connectivity index (χ0) is 25.9. The van der Waals surface area contributed by atoms with Crippen molar-refractivity contribution in [2.75, 3.05) is 0 Å². The molecular weight excluding hydrogens is 474 g/mol. The third kappa shape index (κ3) is 5.46. The van der Waals surface area contributed by atoms with Crippen molar-refractivity contribution >= 4 is 10.8 Å². The van der Waals surface area contributed by atoms with Gasteiger partial charge in [0.25, 0.3) is 0 Å². The fraction of sp³-hybridized carbons (Fsp3) is 0.133. The first-order chi connectivity index (χ1) is 17.2. The highest BCUT2D eigenvalue weighted by Crippen LogP contribution is 2.37. The van der Waals surface area contributed by atoms with Crippen molar-refractivity contribution in [2.24, 2.45) is 0 Å². The van der Waals surface area contributed by atoms with E-state index in [0.717, 1.165) is 18.4 Å². The highest BCUT2D eigenvalue weighted by atomic mass is 19.4. The van der Waals surface area contributed by atoms with Crippen molar-refractivity contribution in [3.05, 3.63) is 119 Å². The van der Waals surface area contributed by atoms with Gasteiger partial charge in [0.05, 0.1) is 0 Å². The van der Waals surface area contributed by atoms with E-state index in [-0.39, 0.29) is 16.5 Å². The van der Waals surface area contributed by atoms with Crippen LogP contribution in [0.1, 0.15) is 35.6 Å². The van der Waals surface area contributed by atoms with Crippen molar-refractivity contribution in [3.8, 4) is 23.0 Å². The van der Waals surface area contributed by atoms with Crippen LogP contribution in [0.2, 0.25) is 0 Å². The van der Waals surface area contributed by atoms with Gasteiger partial charge >= 0.3 is 6.18 Å². The molecule has 0 heterocycles. The van der Waals surface area contributed by atoms with Gasteiger partial charge in [-0.15, -0.1) is 0 Å². The molecule has 4 aromatic carbocycles. The molecule has 0 saturated carbocycles. The van der Waals surface area contributed by atoms with E-state index in [1.54, 1.807) is 12.1 Å². The Morgan fingerprint density at radius 1 is 0.778 bits per heavy atom. The van der Waals surface area contributed by atoms with E-state index in [0.29, 0.717) is 23.1 Å². The third-order valence-corrected chi connectivity index (χ3v) is 5.73. The maximum Gasteiger partial charge on any atom is 0.422 e. The Hall–Kier alpha value is -3.98. The topological polar surface area (TPSA) is 0 Å². The van der Waals surface area contributed by atoms with Gasteiger partial charge in [-0.25, -0.2) is 13.2 Å². The van der Waals surface area contributed by atoms with Gasteiger partial charge in [0.15, 0.2) is 0 Å². The van der Waals surface area contributed by atoms with Crippen LogP contribution >= 0.6 is 0 Å². The number of allylic oxidation sites excluding steroid dienone is 2. The predicted molar refractivity (Wildman–Crippen MR) is 130 cm³/mol. The summed E-state index contributed by atoms with van der Waals surface area (Å²) in [6.07, 6.45) is 0.853. The minimum Gasteiger partial charge on any atom is -0.206 e. The Morgan fingerprint density at radius 3 is 2.06 bits per heavy atom. The van der Waals surface area contributed by atoms with Gasteiger partial charge in [0, 0.05) is 22.1 Å². The fourth-order valence-electron chi connectivity index (χ4n) is 3.91. The summed E-state index contributed by atoms with van der Waals surface area (Å²) in [5, 5.41) is 0.652. The fourth-order valence-corrected chi connectivity index (χ4v) is 3.91. The zero-order valence-corrected chi connectivity index (χ0v) is 19.2. The highest BCUT2D eigenvalue weighted by Gasteiger charge is 2.38. The summed E-state index contributed by atoms with van der Waals surface area (Å²) in [6, 6.07) is 16.5. The molecule has 4 rings (SSSR count). The number of benzene rings is 4. The lowest BCUT2D eigenvalue weighted by atomic mass is 9.97.